The minimum atomic E-state index is -4.73. The number of rotatable bonds is 7. The van der Waals surface area contributed by atoms with Gasteiger partial charge in [0.1, 0.15) is 19.1 Å². The van der Waals surface area contributed by atoms with Crippen molar-refractivity contribution in [2.24, 2.45) is 0 Å². The maximum atomic E-state index is 12.0. The zero-order chi connectivity index (χ0) is 19.9. The van der Waals surface area contributed by atoms with Gasteiger partial charge in [-0.05, 0) is 24.1 Å². The molecule has 0 spiro atoms. The third-order valence-electron chi connectivity index (χ3n) is 2.40. The number of alkyl halides is 3. The van der Waals surface area contributed by atoms with Crippen LogP contribution >= 0.6 is 0 Å². The number of carbonyl (C=O) groups excluding carboxylic acids is 2. The Morgan fingerprint density at radius 2 is 1.73 bits per heavy atom. The summed E-state index contributed by atoms with van der Waals surface area (Å²) >= 11 is 0. The number of amides is 1. The van der Waals surface area contributed by atoms with E-state index in [0.29, 0.717) is 5.56 Å². The van der Waals surface area contributed by atoms with Crippen LogP contribution in [0.4, 0.5) is 13.2 Å². The zero-order valence-corrected chi connectivity index (χ0v) is 16.9. The molecule has 0 radical (unpaired) electrons. The molecule has 0 unspecified atom stereocenters. The van der Waals surface area contributed by atoms with Crippen LogP contribution in [0.1, 0.15) is 18.9 Å². The van der Waals surface area contributed by atoms with Crippen molar-refractivity contribution in [2.75, 3.05) is 20.3 Å². The van der Waals surface area contributed by atoms with E-state index in [-0.39, 0.29) is 67.4 Å². The molecule has 1 N–H and O–H groups in total. The van der Waals surface area contributed by atoms with Crippen LogP contribution in [0, 0.1) is 0 Å². The minimum Gasteiger partial charge on any atom is -0.854 e. The summed E-state index contributed by atoms with van der Waals surface area (Å²) in [7, 11) is 1.00. The topological polar surface area (TPSA) is 99.1 Å². The number of hydrogen-bond acceptors (Lipinski definition) is 6. The van der Waals surface area contributed by atoms with Crippen molar-refractivity contribution in [3.8, 4) is 5.75 Å². The van der Waals surface area contributed by atoms with Crippen LogP contribution in [-0.4, -0.2) is 49.5 Å². The predicted octanol–water partition coefficient (Wildman–Crippen LogP) is -1.96. The molecule has 26 heavy (non-hydrogen) atoms. The van der Waals surface area contributed by atoms with E-state index in [2.05, 4.69) is 4.74 Å². The van der Waals surface area contributed by atoms with Crippen LogP contribution in [0.25, 0.3) is 0 Å². The first kappa shape index (κ1) is 29.6. The number of nitrogens with zero attached hydrogens (tertiary/aromatic N) is 1. The van der Waals surface area contributed by atoms with Crippen molar-refractivity contribution < 1.29 is 72.1 Å². The zero-order valence-electron chi connectivity index (χ0n) is 14.9. The van der Waals surface area contributed by atoms with Crippen LogP contribution in [0.3, 0.4) is 0 Å². The Kier molecular flexibility index (Phi) is 19.6. The van der Waals surface area contributed by atoms with E-state index >= 15 is 0 Å². The molecule has 1 rings (SSSR count). The summed E-state index contributed by atoms with van der Waals surface area (Å²) < 4.78 is 39.7. The normalized spacial score (nSPS) is 9.50. The molecule has 0 aliphatic rings. The van der Waals surface area contributed by atoms with Crippen LogP contribution in [-0.2, 0) is 21.0 Å². The summed E-state index contributed by atoms with van der Waals surface area (Å²) in [6, 6.07) is 5.10. The van der Waals surface area contributed by atoms with Gasteiger partial charge in [0.2, 0.25) is 5.91 Å². The molecule has 1 amide bonds. The van der Waals surface area contributed by atoms with E-state index in [1.54, 1.807) is 0 Å². The number of halogens is 3. The number of ether oxygens (including phenoxy) is 1. The molecule has 0 saturated heterocycles. The average molecular weight is 391 g/mol. The van der Waals surface area contributed by atoms with Gasteiger partial charge in [0.25, 0.3) is 0 Å². The molecule has 0 heterocycles. The molecule has 0 bridgehead atoms. The Labute approximate surface area is 171 Å². The maximum Gasteiger partial charge on any atom is 1.00 e. The van der Waals surface area contributed by atoms with E-state index in [9.17, 15) is 23.1 Å². The second-order valence-electron chi connectivity index (χ2n) is 4.14. The number of hydrogen-bond donors (Lipinski definition) is 1. The van der Waals surface area contributed by atoms with Gasteiger partial charge in [0.15, 0.2) is 0 Å². The minimum absolute atomic E-state index is 0. The van der Waals surface area contributed by atoms with Crippen molar-refractivity contribution in [3.05, 3.63) is 29.8 Å². The average Bonchev–Trinajstić information content (AvgIpc) is 2.58. The molecule has 0 aliphatic heterocycles. The van der Waals surface area contributed by atoms with Gasteiger partial charge in [0.05, 0.1) is 0 Å². The van der Waals surface area contributed by atoms with Gasteiger partial charge < -0.3 is 19.7 Å². The third kappa shape index (κ3) is 15.1. The number of carbonyl (C=O) groups is 2. The molecule has 0 aromatic heterocycles. The van der Waals surface area contributed by atoms with Gasteiger partial charge in [0, 0.05) is 20.6 Å². The van der Waals surface area contributed by atoms with Crippen LogP contribution in [0.5, 0.6) is 5.75 Å². The summed E-state index contributed by atoms with van der Waals surface area (Å²) in [6.07, 6.45) is -4.47. The monoisotopic (exact) mass is 391 g/mol. The van der Waals surface area contributed by atoms with Gasteiger partial charge in [-0.3, -0.25) is 9.63 Å². The molecule has 7 nitrogen and oxygen atoms in total. The van der Waals surface area contributed by atoms with Gasteiger partial charge in [-0.2, -0.15) is 0 Å². The quantitative estimate of drug-likeness (QED) is 0.428. The van der Waals surface area contributed by atoms with E-state index in [1.165, 1.54) is 19.1 Å². The Bertz CT molecular complexity index is 473. The van der Waals surface area contributed by atoms with Gasteiger partial charge in [-0.25, -0.2) is 5.06 Å². The van der Waals surface area contributed by atoms with Crippen molar-refractivity contribution in [1.82, 2.24) is 5.06 Å². The fourth-order valence-electron chi connectivity index (χ4n) is 1.46. The van der Waals surface area contributed by atoms with Crippen molar-refractivity contribution in [3.63, 3.8) is 0 Å². The molecule has 144 valence electrons. The number of aliphatic hydroxyl groups excluding tert-OH is 1. The van der Waals surface area contributed by atoms with Crippen molar-refractivity contribution in [1.29, 1.82) is 0 Å². The van der Waals surface area contributed by atoms with Crippen LogP contribution in [0.2, 0.25) is 0 Å². The first-order valence-corrected chi connectivity index (χ1v) is 6.89. The van der Waals surface area contributed by atoms with E-state index in [4.69, 9.17) is 14.7 Å². The largest absolute Gasteiger partial charge is 1.00 e. The van der Waals surface area contributed by atoms with E-state index in [1.807, 2.05) is 6.79 Å². The molecule has 11 heteroatoms. The maximum absolute atomic E-state index is 12.0. The van der Waals surface area contributed by atoms with Crippen molar-refractivity contribution >= 4 is 12.7 Å². The van der Waals surface area contributed by atoms with Crippen LogP contribution < -0.4 is 39.4 Å². The second kappa shape index (κ2) is 17.3. The summed E-state index contributed by atoms with van der Waals surface area (Å²) in [6.45, 7) is 3.15. The second-order valence-corrected chi connectivity index (χ2v) is 4.14. The molecule has 0 fully saturated rings. The van der Waals surface area contributed by atoms with E-state index in [0.717, 1.165) is 24.3 Å². The number of aliphatic hydroxyl groups is 1. The van der Waals surface area contributed by atoms with Crippen LogP contribution in [0.15, 0.2) is 24.3 Å². The first-order valence-electron chi connectivity index (χ1n) is 6.89. The fourth-order valence-corrected chi connectivity index (χ4v) is 1.46. The first-order chi connectivity index (χ1) is 11.8. The smallest absolute Gasteiger partial charge is 0.854 e. The molecular weight excluding hydrogens is 370 g/mol. The van der Waals surface area contributed by atoms with Gasteiger partial charge >= 0.3 is 35.9 Å². The molecule has 1 aromatic carbocycles. The predicted molar refractivity (Wildman–Crippen MR) is 80.0 cm³/mol. The summed E-state index contributed by atoms with van der Waals surface area (Å²) in [5.41, 5.74) is 0.567. The molecule has 0 saturated carbocycles. The number of benzene rings is 1. The van der Waals surface area contributed by atoms with Gasteiger partial charge in [-0.15, -0.1) is 19.8 Å². The molecule has 0 aliphatic carbocycles. The Hall–Kier alpha value is -1.17. The Morgan fingerprint density at radius 3 is 2.12 bits per heavy atom. The number of hydroxylamine groups is 2. The summed E-state index contributed by atoms with van der Waals surface area (Å²) in [5.74, 6) is -0.679. The Morgan fingerprint density at radius 1 is 1.23 bits per heavy atom. The molecule has 1 aromatic rings. The Balaban J connectivity index is -0.000000985. The molecular formula is C15H21F3NNaO6. The molecule has 0 atom stereocenters. The standard InChI is InChI=1S/C13H15F3NO4.CH4O.CH2O.Na/c1-10(19)17(7-2-8-18)20-9-11-3-5-12(6-4-11)21-13(14,15)16;2*1-2;/h3-6H,2,7-9H2,1H3;2H,1H3;1H2;/q-1;;;+1. The SMILES string of the molecule is C=O.CC(=O)N(CCC[O-])OCc1ccc(OC(F)(F)F)cc1.CO.[Na+]. The fraction of sp³-hybridized carbons (Fsp3) is 0.467. The summed E-state index contributed by atoms with van der Waals surface area (Å²) in [4.78, 5) is 24.5. The van der Waals surface area contributed by atoms with E-state index < -0.39 is 6.36 Å². The summed E-state index contributed by atoms with van der Waals surface area (Å²) in [5, 5.41) is 18.4. The third-order valence-corrected chi connectivity index (χ3v) is 2.40. The van der Waals surface area contributed by atoms with Gasteiger partial charge in [-0.1, -0.05) is 12.1 Å². The van der Waals surface area contributed by atoms with Crippen molar-refractivity contribution in [2.45, 2.75) is 26.3 Å².